The first kappa shape index (κ1) is 44.3. The van der Waals surface area contributed by atoms with Crippen molar-refractivity contribution >= 4 is 29.5 Å². The van der Waals surface area contributed by atoms with Crippen molar-refractivity contribution in [1.29, 1.82) is 0 Å². The van der Waals surface area contributed by atoms with Crippen LogP contribution >= 0.6 is 0 Å². The van der Waals surface area contributed by atoms with Gasteiger partial charge in [0.25, 0.3) is 0 Å². The van der Waals surface area contributed by atoms with Crippen molar-refractivity contribution in [3.8, 4) is 0 Å². The standard InChI is InChI=1S/C36H68N6O7/c1-9-11-12-13-14-15-16-17-18-29-25(6)36(48)42(8)28(21-23(3)4)33(45)40-30(24(5)10-2)35(47)39-27(22-37)32(44)41-31(26(7)43)34(46)38-19-20-49-29/h23-31,43H,9-22,37H2,1-8H3,(H,38,46)(H,39,47)(H,40,45)(H,41,44)/t24-,25-,26+,27+,28+,29-,30+,31+/m1/s1. The third-order valence-electron chi connectivity index (χ3n) is 9.56. The number of nitrogens with one attached hydrogen (secondary N) is 4. The average molecular weight is 697 g/mol. The highest BCUT2D eigenvalue weighted by molar-refractivity contribution is 5.96. The molecule has 0 radical (unpaired) electrons. The Morgan fingerprint density at radius 3 is 1.98 bits per heavy atom. The fraction of sp³-hybridized carbons (Fsp3) is 0.861. The van der Waals surface area contributed by atoms with Gasteiger partial charge in [0.1, 0.15) is 24.2 Å². The van der Waals surface area contributed by atoms with Gasteiger partial charge in [-0.2, -0.15) is 0 Å². The van der Waals surface area contributed by atoms with Crippen LogP contribution in [0.4, 0.5) is 0 Å². The molecule has 1 fully saturated rings. The van der Waals surface area contributed by atoms with Gasteiger partial charge in [-0.3, -0.25) is 24.0 Å². The molecule has 0 aromatic carbocycles. The zero-order valence-corrected chi connectivity index (χ0v) is 31.5. The molecule has 1 rings (SSSR count). The van der Waals surface area contributed by atoms with Gasteiger partial charge in [0, 0.05) is 20.1 Å². The Balaban J connectivity index is 3.42. The van der Waals surface area contributed by atoms with E-state index >= 15 is 0 Å². The summed E-state index contributed by atoms with van der Waals surface area (Å²) in [5, 5.41) is 21.0. The molecule has 49 heavy (non-hydrogen) atoms. The summed E-state index contributed by atoms with van der Waals surface area (Å²) >= 11 is 0. The van der Waals surface area contributed by atoms with E-state index in [1.54, 1.807) is 14.0 Å². The summed E-state index contributed by atoms with van der Waals surface area (Å²) in [6, 6.07) is -4.42. The van der Waals surface area contributed by atoms with Crippen molar-refractivity contribution < 1.29 is 33.8 Å². The number of nitrogens with zero attached hydrogens (tertiary/aromatic N) is 1. The molecule has 13 heteroatoms. The van der Waals surface area contributed by atoms with E-state index < -0.39 is 65.9 Å². The van der Waals surface area contributed by atoms with Gasteiger partial charge in [-0.15, -0.1) is 0 Å². The van der Waals surface area contributed by atoms with Crippen molar-refractivity contribution in [3.05, 3.63) is 0 Å². The summed E-state index contributed by atoms with van der Waals surface area (Å²) in [7, 11) is 1.62. The van der Waals surface area contributed by atoms with Crippen molar-refractivity contribution in [1.82, 2.24) is 26.2 Å². The molecule has 0 bridgehead atoms. The lowest BCUT2D eigenvalue weighted by Gasteiger charge is -2.34. The molecule has 1 aliphatic rings. The van der Waals surface area contributed by atoms with Crippen molar-refractivity contribution in [3.63, 3.8) is 0 Å². The molecule has 1 heterocycles. The van der Waals surface area contributed by atoms with Crippen LogP contribution in [0.2, 0.25) is 0 Å². The second-order valence-corrected chi connectivity index (χ2v) is 14.2. The number of carbonyl (C=O) groups excluding carboxylic acids is 5. The van der Waals surface area contributed by atoms with Crippen LogP contribution in [0.3, 0.4) is 0 Å². The van der Waals surface area contributed by atoms with Crippen LogP contribution in [0, 0.1) is 17.8 Å². The Morgan fingerprint density at radius 1 is 0.837 bits per heavy atom. The second-order valence-electron chi connectivity index (χ2n) is 14.2. The molecular formula is C36H68N6O7. The largest absolute Gasteiger partial charge is 0.391 e. The molecule has 284 valence electrons. The second kappa shape index (κ2) is 23.6. The predicted octanol–water partition coefficient (Wildman–Crippen LogP) is 2.38. The van der Waals surface area contributed by atoms with E-state index in [2.05, 4.69) is 28.2 Å². The molecule has 1 aliphatic heterocycles. The molecular weight excluding hydrogens is 628 g/mol. The van der Waals surface area contributed by atoms with Gasteiger partial charge >= 0.3 is 0 Å². The number of carbonyl (C=O) groups is 5. The number of unbranched alkanes of at least 4 members (excludes halogenated alkanes) is 7. The summed E-state index contributed by atoms with van der Waals surface area (Å²) in [6.07, 6.45) is 8.90. The lowest BCUT2D eigenvalue weighted by atomic mass is 9.94. The van der Waals surface area contributed by atoms with Crippen molar-refractivity contribution in [2.24, 2.45) is 23.5 Å². The molecule has 8 atom stereocenters. The number of aliphatic hydroxyl groups excluding tert-OH is 1. The van der Waals surface area contributed by atoms with Gasteiger partial charge in [-0.1, -0.05) is 99.3 Å². The highest BCUT2D eigenvalue weighted by Gasteiger charge is 2.37. The van der Waals surface area contributed by atoms with Gasteiger partial charge in [-0.25, -0.2) is 0 Å². The molecule has 7 N–H and O–H groups in total. The van der Waals surface area contributed by atoms with Gasteiger partial charge in [0.05, 0.1) is 24.7 Å². The van der Waals surface area contributed by atoms with Crippen molar-refractivity contribution in [2.75, 3.05) is 26.7 Å². The van der Waals surface area contributed by atoms with Gasteiger partial charge in [0.2, 0.25) is 29.5 Å². The third kappa shape index (κ3) is 15.3. The molecule has 0 aliphatic carbocycles. The molecule has 0 saturated carbocycles. The zero-order valence-electron chi connectivity index (χ0n) is 31.5. The summed E-state index contributed by atoms with van der Waals surface area (Å²) in [5.74, 6) is -3.54. The van der Waals surface area contributed by atoms with Crippen LogP contribution in [0.15, 0.2) is 0 Å². The van der Waals surface area contributed by atoms with E-state index in [9.17, 15) is 29.1 Å². The molecule has 0 spiro atoms. The molecule has 0 aromatic heterocycles. The molecule has 1 saturated heterocycles. The quantitative estimate of drug-likeness (QED) is 0.141. The Morgan fingerprint density at radius 2 is 1.43 bits per heavy atom. The normalized spacial score (nSPS) is 26.9. The van der Waals surface area contributed by atoms with Gasteiger partial charge in [-0.05, 0) is 31.6 Å². The summed E-state index contributed by atoms with van der Waals surface area (Å²) in [5.41, 5.74) is 5.86. The number of likely N-dealkylation sites (N-methyl/N-ethyl adjacent to an activating group) is 1. The van der Waals surface area contributed by atoms with E-state index in [1.165, 1.54) is 43.9 Å². The minimum absolute atomic E-state index is 0.0685. The smallest absolute Gasteiger partial charge is 0.245 e. The summed E-state index contributed by atoms with van der Waals surface area (Å²) < 4.78 is 6.23. The zero-order chi connectivity index (χ0) is 37.1. The molecule has 0 unspecified atom stereocenters. The minimum Gasteiger partial charge on any atom is -0.391 e. The molecule has 0 aromatic rings. The lowest BCUT2D eigenvalue weighted by molar-refractivity contribution is -0.147. The number of aliphatic hydroxyl groups is 1. The van der Waals surface area contributed by atoms with Crippen LogP contribution in [-0.2, 0) is 28.7 Å². The average Bonchev–Trinajstić information content (AvgIpc) is 3.06. The van der Waals surface area contributed by atoms with Crippen LogP contribution in [0.5, 0.6) is 0 Å². The Bertz CT molecular complexity index is 1030. The van der Waals surface area contributed by atoms with Crippen LogP contribution in [-0.4, -0.2) is 103 Å². The highest BCUT2D eigenvalue weighted by atomic mass is 16.5. The number of ether oxygens (including phenoxy) is 1. The van der Waals surface area contributed by atoms with Gasteiger partial charge < -0.3 is 41.7 Å². The summed E-state index contributed by atoms with van der Waals surface area (Å²) in [4.78, 5) is 69.2. The highest BCUT2D eigenvalue weighted by Crippen LogP contribution is 2.22. The van der Waals surface area contributed by atoms with Crippen LogP contribution in [0.25, 0.3) is 0 Å². The van der Waals surface area contributed by atoms with Gasteiger partial charge in [0.15, 0.2) is 0 Å². The maximum absolute atomic E-state index is 14.0. The number of rotatable bonds is 15. The number of amides is 5. The van der Waals surface area contributed by atoms with E-state index in [-0.39, 0.29) is 37.4 Å². The Hall–Kier alpha value is -2.77. The fourth-order valence-corrected chi connectivity index (χ4v) is 6.08. The fourth-order valence-electron chi connectivity index (χ4n) is 6.08. The monoisotopic (exact) mass is 697 g/mol. The predicted molar refractivity (Wildman–Crippen MR) is 191 cm³/mol. The first-order valence-corrected chi connectivity index (χ1v) is 18.6. The Kier molecular flexibility index (Phi) is 21.3. The van der Waals surface area contributed by atoms with E-state index in [0.29, 0.717) is 19.3 Å². The lowest BCUT2D eigenvalue weighted by Crippen LogP contribution is -2.62. The number of nitrogens with two attached hydrogens (primary N) is 1. The van der Waals surface area contributed by atoms with Crippen molar-refractivity contribution in [2.45, 2.75) is 155 Å². The third-order valence-corrected chi connectivity index (χ3v) is 9.56. The number of hydrogen-bond acceptors (Lipinski definition) is 8. The number of hydrogen-bond donors (Lipinski definition) is 6. The van der Waals surface area contributed by atoms with E-state index in [4.69, 9.17) is 10.5 Å². The van der Waals surface area contributed by atoms with Crippen LogP contribution < -0.4 is 27.0 Å². The first-order valence-electron chi connectivity index (χ1n) is 18.6. The minimum atomic E-state index is -1.32. The topological polar surface area (TPSA) is 192 Å². The van der Waals surface area contributed by atoms with E-state index in [1.807, 2.05) is 27.7 Å². The maximum atomic E-state index is 14.0. The summed E-state index contributed by atoms with van der Waals surface area (Å²) in [6.45, 7) is 12.9. The first-order chi connectivity index (χ1) is 23.2. The molecule has 13 nitrogen and oxygen atoms in total. The SMILES string of the molecule is CCCCCCCCCC[C@H]1OCCNC(=O)[C@H]([C@H](C)O)NC(=O)[C@H](CN)NC(=O)[C@H]([C@H](C)CC)NC(=O)[C@H](CC(C)C)N(C)C(=O)[C@@H]1C. The van der Waals surface area contributed by atoms with E-state index in [0.717, 1.165) is 19.3 Å². The maximum Gasteiger partial charge on any atom is 0.245 e. The Labute approximate surface area is 295 Å². The van der Waals surface area contributed by atoms with Crippen LogP contribution in [0.1, 0.15) is 119 Å². The molecule has 5 amide bonds.